The fraction of sp³-hybridized carbons (Fsp3) is 0.280. The second-order valence-electron chi connectivity index (χ2n) is 7.75. The molecule has 1 N–H and O–H groups in total. The van der Waals surface area contributed by atoms with E-state index in [4.69, 9.17) is 19.2 Å². The summed E-state index contributed by atoms with van der Waals surface area (Å²) in [4.78, 5) is 4.81. The first kappa shape index (κ1) is 21.6. The summed E-state index contributed by atoms with van der Waals surface area (Å²) in [5.41, 5.74) is 5.20. The van der Waals surface area contributed by atoms with Crippen molar-refractivity contribution in [3.8, 4) is 17.4 Å². The fourth-order valence-corrected chi connectivity index (χ4v) is 3.52. The van der Waals surface area contributed by atoms with E-state index in [-0.39, 0.29) is 0 Å². The molecule has 7 nitrogen and oxygen atoms in total. The number of benzene rings is 2. The molecule has 0 bridgehead atoms. The van der Waals surface area contributed by atoms with Crippen LogP contribution < -0.4 is 19.5 Å². The molecule has 0 aliphatic heterocycles. The number of aryl methyl sites for hydroxylation is 2. The van der Waals surface area contributed by atoms with Gasteiger partial charge in [0.1, 0.15) is 6.61 Å². The van der Waals surface area contributed by atoms with E-state index >= 15 is 0 Å². The molecule has 166 valence electrons. The van der Waals surface area contributed by atoms with Gasteiger partial charge in [-0.3, -0.25) is 4.68 Å². The molecule has 0 radical (unpaired) electrons. The summed E-state index contributed by atoms with van der Waals surface area (Å²) in [6, 6.07) is 14.2. The van der Waals surface area contributed by atoms with Crippen LogP contribution >= 0.6 is 0 Å². The van der Waals surface area contributed by atoms with Gasteiger partial charge in [-0.15, -0.1) is 0 Å². The van der Waals surface area contributed by atoms with Gasteiger partial charge in [0, 0.05) is 48.9 Å². The third kappa shape index (κ3) is 5.00. The second kappa shape index (κ2) is 9.70. The minimum atomic E-state index is 0.446. The summed E-state index contributed by atoms with van der Waals surface area (Å²) >= 11 is 0. The van der Waals surface area contributed by atoms with Crippen molar-refractivity contribution >= 4 is 10.9 Å². The second-order valence-corrected chi connectivity index (χ2v) is 7.75. The van der Waals surface area contributed by atoms with Gasteiger partial charge in [0.2, 0.25) is 5.88 Å². The zero-order valence-electron chi connectivity index (χ0n) is 18.9. The van der Waals surface area contributed by atoms with E-state index in [1.54, 1.807) is 18.9 Å². The molecule has 0 atom stereocenters. The largest absolute Gasteiger partial charge is 0.493 e. The third-order valence-electron chi connectivity index (χ3n) is 5.26. The number of rotatable bonds is 9. The average molecular weight is 433 g/mol. The Morgan fingerprint density at radius 3 is 2.38 bits per heavy atom. The monoisotopic (exact) mass is 432 g/mol. The van der Waals surface area contributed by atoms with Gasteiger partial charge < -0.3 is 19.5 Å². The summed E-state index contributed by atoms with van der Waals surface area (Å²) in [5, 5.41) is 8.64. The molecule has 32 heavy (non-hydrogen) atoms. The number of hydrogen-bond acceptors (Lipinski definition) is 6. The highest BCUT2D eigenvalue weighted by atomic mass is 16.5. The van der Waals surface area contributed by atoms with Gasteiger partial charge in [0.05, 0.1) is 25.9 Å². The predicted molar refractivity (Wildman–Crippen MR) is 124 cm³/mol. The van der Waals surface area contributed by atoms with Crippen LogP contribution in [0.3, 0.4) is 0 Å². The first-order valence-corrected chi connectivity index (χ1v) is 10.5. The Morgan fingerprint density at radius 1 is 0.938 bits per heavy atom. The van der Waals surface area contributed by atoms with Crippen LogP contribution in [-0.2, 0) is 26.7 Å². The van der Waals surface area contributed by atoms with Crippen LogP contribution in [0.1, 0.15) is 22.3 Å². The Bertz CT molecular complexity index is 1200. The van der Waals surface area contributed by atoms with Crippen LogP contribution in [-0.4, -0.2) is 29.0 Å². The molecule has 0 aliphatic rings. The molecule has 0 aliphatic carbocycles. The highest BCUT2D eigenvalue weighted by molar-refractivity contribution is 5.84. The molecule has 4 aromatic rings. The Morgan fingerprint density at radius 2 is 1.69 bits per heavy atom. The maximum Gasteiger partial charge on any atom is 0.218 e. The maximum atomic E-state index is 6.17. The molecule has 0 amide bonds. The standard InChI is InChI=1S/C25H28N4O3/c1-17-5-7-18(8-6-17)16-32-25-21(14-26-12-19-13-27-29(2)15-19)9-20-10-23(30-3)24(31-4)11-22(20)28-25/h5-11,13,15,26H,12,14,16H2,1-4H3. The third-order valence-corrected chi connectivity index (χ3v) is 5.26. The summed E-state index contributed by atoms with van der Waals surface area (Å²) in [6.07, 6.45) is 3.86. The van der Waals surface area contributed by atoms with E-state index < -0.39 is 0 Å². The van der Waals surface area contributed by atoms with Gasteiger partial charge in [0.25, 0.3) is 0 Å². The van der Waals surface area contributed by atoms with Crippen LogP contribution in [0, 0.1) is 6.92 Å². The Labute approximate surface area is 187 Å². The lowest BCUT2D eigenvalue weighted by Crippen LogP contribution is -2.14. The molecule has 0 fully saturated rings. The molecule has 7 heteroatoms. The summed E-state index contributed by atoms with van der Waals surface area (Å²) in [5.74, 6) is 1.91. The molecule has 0 saturated carbocycles. The Hall–Kier alpha value is -3.58. The van der Waals surface area contributed by atoms with Crippen LogP contribution in [0.5, 0.6) is 17.4 Å². The zero-order chi connectivity index (χ0) is 22.5. The van der Waals surface area contributed by atoms with Gasteiger partial charge in [-0.25, -0.2) is 4.98 Å². The molecule has 0 unspecified atom stereocenters. The van der Waals surface area contributed by atoms with Crippen molar-refractivity contribution in [3.63, 3.8) is 0 Å². The van der Waals surface area contributed by atoms with E-state index in [0.717, 1.165) is 27.6 Å². The van der Waals surface area contributed by atoms with Gasteiger partial charge in [-0.05, 0) is 24.6 Å². The van der Waals surface area contributed by atoms with E-state index in [1.807, 2.05) is 31.6 Å². The Balaban J connectivity index is 1.61. The summed E-state index contributed by atoms with van der Waals surface area (Å²) in [6.45, 7) is 3.83. The Kier molecular flexibility index (Phi) is 6.56. The number of aromatic nitrogens is 3. The molecular formula is C25H28N4O3. The topological polar surface area (TPSA) is 70.4 Å². The lowest BCUT2D eigenvalue weighted by atomic mass is 10.1. The number of fused-ring (bicyclic) bond motifs is 1. The summed E-state index contributed by atoms with van der Waals surface area (Å²) < 4.78 is 18.9. The highest BCUT2D eigenvalue weighted by Gasteiger charge is 2.13. The van der Waals surface area contributed by atoms with Gasteiger partial charge in [0.15, 0.2) is 11.5 Å². The van der Waals surface area contributed by atoms with Crippen LogP contribution in [0.2, 0.25) is 0 Å². The molecule has 2 aromatic heterocycles. The van der Waals surface area contributed by atoms with Crippen molar-refractivity contribution in [3.05, 3.63) is 77.1 Å². The maximum absolute atomic E-state index is 6.17. The van der Waals surface area contributed by atoms with E-state index in [1.165, 1.54) is 5.56 Å². The lowest BCUT2D eigenvalue weighted by Gasteiger charge is -2.15. The highest BCUT2D eigenvalue weighted by Crippen LogP contribution is 2.33. The van der Waals surface area contributed by atoms with E-state index in [0.29, 0.717) is 37.1 Å². The zero-order valence-corrected chi connectivity index (χ0v) is 18.9. The molecule has 0 saturated heterocycles. The van der Waals surface area contributed by atoms with E-state index in [2.05, 4.69) is 47.7 Å². The average Bonchev–Trinajstić information content (AvgIpc) is 3.22. The van der Waals surface area contributed by atoms with Crippen molar-refractivity contribution < 1.29 is 14.2 Å². The van der Waals surface area contributed by atoms with Gasteiger partial charge >= 0.3 is 0 Å². The SMILES string of the molecule is COc1cc2cc(CNCc3cnn(C)c3)c(OCc3ccc(C)cc3)nc2cc1OC. The van der Waals surface area contributed by atoms with E-state index in [9.17, 15) is 0 Å². The molecular weight excluding hydrogens is 404 g/mol. The van der Waals surface area contributed by atoms with Crippen molar-refractivity contribution in [1.29, 1.82) is 0 Å². The number of pyridine rings is 1. The first-order chi connectivity index (χ1) is 15.6. The van der Waals surface area contributed by atoms with Crippen LogP contribution in [0.4, 0.5) is 0 Å². The number of ether oxygens (including phenoxy) is 3. The number of hydrogen-bond donors (Lipinski definition) is 1. The quantitative estimate of drug-likeness (QED) is 0.428. The number of methoxy groups -OCH3 is 2. The van der Waals surface area contributed by atoms with Crippen molar-refractivity contribution in [1.82, 2.24) is 20.1 Å². The van der Waals surface area contributed by atoms with Crippen LogP contribution in [0.15, 0.2) is 54.9 Å². The first-order valence-electron chi connectivity index (χ1n) is 10.5. The normalized spacial score (nSPS) is 11.0. The summed E-state index contributed by atoms with van der Waals surface area (Å²) in [7, 11) is 5.16. The minimum absolute atomic E-state index is 0.446. The fourth-order valence-electron chi connectivity index (χ4n) is 3.52. The minimum Gasteiger partial charge on any atom is -0.493 e. The van der Waals surface area contributed by atoms with Gasteiger partial charge in [-0.2, -0.15) is 5.10 Å². The predicted octanol–water partition coefficient (Wildman–Crippen LogP) is 4.16. The molecule has 2 aromatic carbocycles. The molecule has 4 rings (SSSR count). The molecule has 0 spiro atoms. The lowest BCUT2D eigenvalue weighted by molar-refractivity contribution is 0.290. The number of nitrogens with zero attached hydrogens (tertiary/aromatic N) is 3. The van der Waals surface area contributed by atoms with Gasteiger partial charge in [-0.1, -0.05) is 29.8 Å². The van der Waals surface area contributed by atoms with Crippen molar-refractivity contribution in [2.75, 3.05) is 14.2 Å². The smallest absolute Gasteiger partial charge is 0.218 e. The van der Waals surface area contributed by atoms with Crippen molar-refractivity contribution in [2.45, 2.75) is 26.6 Å². The van der Waals surface area contributed by atoms with Crippen molar-refractivity contribution in [2.24, 2.45) is 7.05 Å². The van der Waals surface area contributed by atoms with Crippen LogP contribution in [0.25, 0.3) is 10.9 Å². The number of nitrogens with one attached hydrogen (secondary N) is 1. The molecule has 2 heterocycles.